The molecular formula is C21H35NO5. The second-order valence-corrected chi connectivity index (χ2v) is 9.70. The molecule has 0 aromatic heterocycles. The summed E-state index contributed by atoms with van der Waals surface area (Å²) in [5.74, 6) is 0.184. The van der Waals surface area contributed by atoms with Crippen molar-refractivity contribution in [1.29, 1.82) is 0 Å². The van der Waals surface area contributed by atoms with Crippen LogP contribution in [0.25, 0.3) is 0 Å². The van der Waals surface area contributed by atoms with Gasteiger partial charge in [0.1, 0.15) is 5.60 Å². The number of nitrogens with zero attached hydrogens (tertiary/aromatic N) is 1. The van der Waals surface area contributed by atoms with Gasteiger partial charge in [-0.3, -0.25) is 4.90 Å². The van der Waals surface area contributed by atoms with Gasteiger partial charge in [0.05, 0.1) is 48.8 Å². The van der Waals surface area contributed by atoms with Gasteiger partial charge in [-0.05, 0) is 47.0 Å². The number of allylic oxidation sites excluding steroid dienone is 1. The summed E-state index contributed by atoms with van der Waals surface area (Å²) < 4.78 is 24.5. The Bertz CT molecular complexity index is 589. The molecule has 3 aliphatic heterocycles. The van der Waals surface area contributed by atoms with Crippen molar-refractivity contribution in [2.45, 2.75) is 82.1 Å². The number of hydrogen-bond donors (Lipinski definition) is 1. The highest BCUT2D eigenvalue weighted by atomic mass is 16.6. The smallest absolute Gasteiger partial charge is 0.101 e. The van der Waals surface area contributed by atoms with Crippen LogP contribution in [0.15, 0.2) is 11.6 Å². The summed E-state index contributed by atoms with van der Waals surface area (Å²) in [6.07, 6.45) is 5.35. The van der Waals surface area contributed by atoms with Crippen molar-refractivity contribution in [3.05, 3.63) is 11.6 Å². The van der Waals surface area contributed by atoms with Crippen LogP contribution in [0.4, 0.5) is 0 Å². The van der Waals surface area contributed by atoms with E-state index >= 15 is 0 Å². The Balaban J connectivity index is 1.42. The van der Waals surface area contributed by atoms with Crippen LogP contribution in [0.5, 0.6) is 0 Å². The predicted molar refractivity (Wildman–Crippen MR) is 101 cm³/mol. The van der Waals surface area contributed by atoms with E-state index in [9.17, 15) is 5.11 Å². The van der Waals surface area contributed by atoms with Crippen molar-refractivity contribution >= 4 is 0 Å². The maximum atomic E-state index is 9.91. The van der Waals surface area contributed by atoms with E-state index in [0.29, 0.717) is 19.8 Å². The molecule has 0 amide bonds. The van der Waals surface area contributed by atoms with E-state index in [1.807, 2.05) is 6.92 Å². The number of rotatable bonds is 7. The minimum atomic E-state index is -0.571. The zero-order valence-electron chi connectivity index (χ0n) is 17.4. The average Bonchev–Trinajstić information content (AvgIpc) is 3.48. The van der Waals surface area contributed by atoms with Gasteiger partial charge >= 0.3 is 0 Å². The van der Waals surface area contributed by atoms with Crippen molar-refractivity contribution in [1.82, 2.24) is 4.90 Å². The fraction of sp³-hybridized carbons (Fsp3) is 0.905. The Morgan fingerprint density at radius 1 is 1.30 bits per heavy atom. The molecule has 1 N–H and O–H groups in total. The first kappa shape index (κ1) is 19.8. The van der Waals surface area contributed by atoms with Crippen molar-refractivity contribution < 1.29 is 24.1 Å². The highest BCUT2D eigenvalue weighted by molar-refractivity contribution is 5.20. The molecule has 1 aliphatic carbocycles. The second-order valence-electron chi connectivity index (χ2n) is 9.70. The summed E-state index contributed by atoms with van der Waals surface area (Å²) in [5, 5.41) is 9.91. The van der Waals surface area contributed by atoms with Gasteiger partial charge in [0.2, 0.25) is 0 Å². The van der Waals surface area contributed by atoms with E-state index in [4.69, 9.17) is 18.9 Å². The number of likely N-dealkylation sites (tertiary alicyclic amines) is 1. The fourth-order valence-electron chi connectivity index (χ4n) is 5.33. The lowest BCUT2D eigenvalue weighted by molar-refractivity contribution is -0.183. The van der Waals surface area contributed by atoms with E-state index in [1.54, 1.807) is 7.11 Å². The summed E-state index contributed by atoms with van der Waals surface area (Å²) in [6, 6.07) is 0. The largest absolute Gasteiger partial charge is 0.388 e. The lowest BCUT2D eigenvalue weighted by atomic mass is 9.68. The molecule has 27 heavy (non-hydrogen) atoms. The van der Waals surface area contributed by atoms with Crippen LogP contribution in [0.2, 0.25) is 0 Å². The molecule has 4 aliphatic rings. The number of hydrogen-bond acceptors (Lipinski definition) is 6. The Kier molecular flexibility index (Phi) is 4.98. The first-order chi connectivity index (χ1) is 12.7. The molecule has 3 heterocycles. The van der Waals surface area contributed by atoms with E-state index in [0.717, 1.165) is 25.9 Å². The Morgan fingerprint density at radius 2 is 2.00 bits per heavy atom. The molecule has 4 rings (SSSR count). The summed E-state index contributed by atoms with van der Waals surface area (Å²) >= 11 is 0. The minimum absolute atomic E-state index is 0.0329. The van der Waals surface area contributed by atoms with Gasteiger partial charge in [-0.25, -0.2) is 0 Å². The second kappa shape index (κ2) is 6.78. The van der Waals surface area contributed by atoms with Crippen LogP contribution in [0.3, 0.4) is 0 Å². The standard InChI is InChI=1S/C21H35NO5/c1-14(2)6-7-16-20(4,27-16)18-17(24-5)15(8-9-21(18)12-26-21)25-13-22-10-19(3,23)11-22/h6,15-18,23H,7-13H2,1-5H3/t15-,16-,17-,18-,20+,21?/m1/s1. The van der Waals surface area contributed by atoms with E-state index in [1.165, 1.54) is 5.57 Å². The number of methoxy groups -OCH3 is 1. The fourth-order valence-corrected chi connectivity index (χ4v) is 5.33. The molecule has 0 aromatic rings. The minimum Gasteiger partial charge on any atom is -0.388 e. The number of epoxide rings is 2. The first-order valence-electron chi connectivity index (χ1n) is 10.2. The van der Waals surface area contributed by atoms with Crippen molar-refractivity contribution in [3.8, 4) is 0 Å². The lowest BCUT2D eigenvalue weighted by Gasteiger charge is -2.46. The number of β-amino-alcohol motifs (C(OH)–C–C–N with tert-alkyl or cyclic N) is 1. The molecule has 0 radical (unpaired) electrons. The molecule has 6 heteroatoms. The monoisotopic (exact) mass is 381 g/mol. The van der Waals surface area contributed by atoms with Crippen molar-refractivity contribution in [2.75, 3.05) is 33.5 Å². The van der Waals surface area contributed by atoms with Gasteiger partial charge in [-0.2, -0.15) is 0 Å². The molecule has 0 bridgehead atoms. The summed E-state index contributed by atoms with van der Waals surface area (Å²) in [4.78, 5) is 2.13. The summed E-state index contributed by atoms with van der Waals surface area (Å²) in [5.41, 5.74) is 0.434. The third-order valence-corrected chi connectivity index (χ3v) is 6.84. The molecule has 3 saturated heterocycles. The van der Waals surface area contributed by atoms with Gasteiger partial charge in [0.15, 0.2) is 0 Å². The molecule has 1 unspecified atom stereocenters. The topological polar surface area (TPSA) is 67.0 Å². The Labute approximate surface area is 162 Å². The highest BCUT2D eigenvalue weighted by Gasteiger charge is 2.72. The lowest BCUT2D eigenvalue weighted by Crippen LogP contribution is -2.61. The maximum absolute atomic E-state index is 9.91. The molecule has 154 valence electrons. The first-order valence-corrected chi connectivity index (χ1v) is 10.2. The summed E-state index contributed by atoms with van der Waals surface area (Å²) in [6.45, 7) is 11.0. The maximum Gasteiger partial charge on any atom is 0.101 e. The molecule has 6 nitrogen and oxygen atoms in total. The van der Waals surface area contributed by atoms with Gasteiger partial charge < -0.3 is 24.1 Å². The molecule has 1 saturated carbocycles. The normalized spacial score (nSPS) is 45.4. The SMILES string of the molecule is CO[C@@H]1[C@H](OCN2CC(C)(O)C2)CCC2(CO2)[C@H]1[C@@]1(C)O[C@@H]1CC=C(C)C. The predicted octanol–water partition coefficient (Wildman–Crippen LogP) is 2.10. The van der Waals surface area contributed by atoms with Crippen LogP contribution >= 0.6 is 0 Å². The van der Waals surface area contributed by atoms with Crippen LogP contribution in [-0.2, 0) is 18.9 Å². The molecular weight excluding hydrogens is 346 g/mol. The molecule has 4 fully saturated rings. The number of ether oxygens (including phenoxy) is 4. The van der Waals surface area contributed by atoms with Gasteiger partial charge in [-0.1, -0.05) is 11.6 Å². The van der Waals surface area contributed by atoms with Crippen molar-refractivity contribution in [2.24, 2.45) is 5.92 Å². The van der Waals surface area contributed by atoms with Crippen molar-refractivity contribution in [3.63, 3.8) is 0 Å². The third kappa shape index (κ3) is 3.72. The average molecular weight is 382 g/mol. The summed E-state index contributed by atoms with van der Waals surface area (Å²) in [7, 11) is 1.78. The van der Waals surface area contributed by atoms with E-state index in [2.05, 4.69) is 31.7 Å². The molecule has 1 spiro atoms. The van der Waals surface area contributed by atoms with Gasteiger partial charge in [-0.15, -0.1) is 0 Å². The van der Waals surface area contributed by atoms with Crippen LogP contribution in [0, 0.1) is 5.92 Å². The van der Waals surface area contributed by atoms with Crippen LogP contribution in [0.1, 0.15) is 47.0 Å². The van der Waals surface area contributed by atoms with Crippen LogP contribution in [-0.4, -0.2) is 78.7 Å². The quantitative estimate of drug-likeness (QED) is 0.538. The molecule has 6 atom stereocenters. The zero-order valence-corrected chi connectivity index (χ0v) is 17.4. The Hall–Kier alpha value is -0.500. The molecule has 0 aromatic carbocycles. The Morgan fingerprint density at radius 3 is 2.56 bits per heavy atom. The van der Waals surface area contributed by atoms with E-state index < -0.39 is 5.60 Å². The zero-order chi connectivity index (χ0) is 19.4. The third-order valence-electron chi connectivity index (χ3n) is 6.84. The van der Waals surface area contributed by atoms with Gasteiger partial charge in [0, 0.05) is 20.2 Å². The van der Waals surface area contributed by atoms with Gasteiger partial charge in [0.25, 0.3) is 0 Å². The van der Waals surface area contributed by atoms with E-state index in [-0.39, 0.29) is 35.4 Å². The highest BCUT2D eigenvalue weighted by Crippen LogP contribution is 2.59. The number of aliphatic hydroxyl groups is 1. The van der Waals surface area contributed by atoms with Crippen LogP contribution < -0.4 is 0 Å².